The van der Waals surface area contributed by atoms with Crippen LogP contribution >= 0.6 is 0 Å². The van der Waals surface area contributed by atoms with E-state index in [2.05, 4.69) is 15.0 Å². The molecule has 5 heterocycles. The molecule has 1 aliphatic rings. The zero-order chi connectivity index (χ0) is 17.5. The monoisotopic (exact) mass is 345 g/mol. The van der Waals surface area contributed by atoms with Gasteiger partial charge in [-0.3, -0.25) is 9.78 Å². The first kappa shape index (κ1) is 14.8. The molecule has 0 saturated carbocycles. The van der Waals surface area contributed by atoms with Gasteiger partial charge in [0.05, 0.1) is 17.7 Å². The molecule has 4 aromatic heterocycles. The van der Waals surface area contributed by atoms with E-state index in [9.17, 15) is 4.79 Å². The Hall–Kier alpha value is -3.48. The fourth-order valence-electron chi connectivity index (χ4n) is 3.21. The third-order valence-corrected chi connectivity index (χ3v) is 4.56. The number of imidazole rings is 1. The number of pyridine rings is 2. The summed E-state index contributed by atoms with van der Waals surface area (Å²) in [5.41, 5.74) is 3.10. The van der Waals surface area contributed by atoms with Gasteiger partial charge < -0.3 is 13.7 Å². The number of amides is 1. The van der Waals surface area contributed by atoms with Crippen LogP contribution in [0.1, 0.15) is 21.8 Å². The van der Waals surface area contributed by atoms with Gasteiger partial charge in [0.1, 0.15) is 17.1 Å². The average Bonchev–Trinajstić information content (AvgIpc) is 3.33. The average molecular weight is 345 g/mol. The van der Waals surface area contributed by atoms with Crippen molar-refractivity contribution in [2.24, 2.45) is 0 Å². The summed E-state index contributed by atoms with van der Waals surface area (Å²) >= 11 is 0. The van der Waals surface area contributed by atoms with Crippen molar-refractivity contribution in [2.75, 3.05) is 6.54 Å². The van der Waals surface area contributed by atoms with Crippen LogP contribution in [0, 0.1) is 0 Å². The molecule has 0 spiro atoms. The van der Waals surface area contributed by atoms with Gasteiger partial charge in [-0.1, -0.05) is 0 Å². The van der Waals surface area contributed by atoms with Crippen LogP contribution in [-0.2, 0) is 13.0 Å². The van der Waals surface area contributed by atoms with Crippen molar-refractivity contribution in [1.82, 2.24) is 24.3 Å². The molecule has 7 heteroatoms. The van der Waals surface area contributed by atoms with E-state index in [0.29, 0.717) is 31.0 Å². The highest BCUT2D eigenvalue weighted by atomic mass is 16.4. The number of carbonyl (C=O) groups excluding carboxylic acids is 1. The summed E-state index contributed by atoms with van der Waals surface area (Å²) in [6, 6.07) is 7.41. The summed E-state index contributed by atoms with van der Waals surface area (Å²) in [4.78, 5) is 27.6. The summed E-state index contributed by atoms with van der Waals surface area (Å²) < 4.78 is 7.72. The Morgan fingerprint density at radius 3 is 3.04 bits per heavy atom. The van der Waals surface area contributed by atoms with E-state index in [4.69, 9.17) is 4.42 Å². The van der Waals surface area contributed by atoms with Crippen molar-refractivity contribution in [1.29, 1.82) is 0 Å². The summed E-state index contributed by atoms with van der Waals surface area (Å²) in [5.74, 6) is 1.38. The number of oxazole rings is 1. The van der Waals surface area contributed by atoms with Gasteiger partial charge in [-0.25, -0.2) is 9.97 Å². The first-order chi connectivity index (χ1) is 12.8. The fraction of sp³-hybridized carbons (Fsp3) is 0.158. The van der Waals surface area contributed by atoms with Crippen LogP contribution in [0.2, 0.25) is 0 Å². The molecule has 0 aromatic carbocycles. The number of nitrogens with zero attached hydrogens (tertiary/aromatic N) is 5. The molecule has 0 saturated heterocycles. The normalized spacial score (nSPS) is 13.8. The lowest BCUT2D eigenvalue weighted by Crippen LogP contribution is -2.35. The third-order valence-electron chi connectivity index (χ3n) is 4.56. The highest BCUT2D eigenvalue weighted by Gasteiger charge is 2.26. The Balaban J connectivity index is 1.41. The maximum Gasteiger partial charge on any atom is 0.255 e. The van der Waals surface area contributed by atoms with E-state index in [-0.39, 0.29) is 5.91 Å². The maximum atomic E-state index is 12.9. The second-order valence-corrected chi connectivity index (χ2v) is 6.22. The first-order valence-electron chi connectivity index (χ1n) is 8.39. The molecule has 0 atom stereocenters. The van der Waals surface area contributed by atoms with Crippen molar-refractivity contribution in [3.8, 4) is 11.5 Å². The van der Waals surface area contributed by atoms with E-state index in [1.807, 2.05) is 41.1 Å². The van der Waals surface area contributed by atoms with Gasteiger partial charge in [0.25, 0.3) is 5.91 Å². The summed E-state index contributed by atoms with van der Waals surface area (Å²) in [6.45, 7) is 1.05. The SMILES string of the molecule is O=C(c1ccc2nccn2c1)N1CCc2oc(-c3cccnc3)nc2C1. The molecule has 7 nitrogen and oxygen atoms in total. The van der Waals surface area contributed by atoms with E-state index in [1.54, 1.807) is 23.5 Å². The van der Waals surface area contributed by atoms with Crippen molar-refractivity contribution >= 4 is 11.6 Å². The maximum absolute atomic E-state index is 12.9. The van der Waals surface area contributed by atoms with Crippen LogP contribution in [0.5, 0.6) is 0 Å². The largest absolute Gasteiger partial charge is 0.441 e. The Kier molecular flexibility index (Phi) is 3.31. The molecule has 5 rings (SSSR count). The topological polar surface area (TPSA) is 76.5 Å². The van der Waals surface area contributed by atoms with E-state index in [0.717, 1.165) is 22.7 Å². The van der Waals surface area contributed by atoms with Crippen molar-refractivity contribution in [2.45, 2.75) is 13.0 Å². The van der Waals surface area contributed by atoms with E-state index < -0.39 is 0 Å². The number of hydrogen-bond donors (Lipinski definition) is 0. The van der Waals surface area contributed by atoms with Gasteiger partial charge in [-0.2, -0.15) is 0 Å². The summed E-state index contributed by atoms with van der Waals surface area (Å²) in [6.07, 6.45) is 9.44. The number of carbonyl (C=O) groups is 1. The lowest BCUT2D eigenvalue weighted by Gasteiger charge is -2.25. The minimum absolute atomic E-state index is 0.0165. The molecule has 0 fully saturated rings. The van der Waals surface area contributed by atoms with Gasteiger partial charge in [0.2, 0.25) is 5.89 Å². The Morgan fingerprint density at radius 2 is 2.15 bits per heavy atom. The van der Waals surface area contributed by atoms with Gasteiger partial charge in [0, 0.05) is 43.9 Å². The molecule has 0 bridgehead atoms. The van der Waals surface area contributed by atoms with Crippen LogP contribution in [0.25, 0.3) is 17.1 Å². The Labute approximate surface area is 148 Å². The minimum Gasteiger partial charge on any atom is -0.441 e. The molecular weight excluding hydrogens is 330 g/mol. The number of hydrogen-bond acceptors (Lipinski definition) is 5. The molecule has 0 unspecified atom stereocenters. The molecule has 0 aliphatic carbocycles. The Bertz CT molecular complexity index is 1100. The fourth-order valence-corrected chi connectivity index (χ4v) is 3.21. The Morgan fingerprint density at radius 1 is 1.19 bits per heavy atom. The number of rotatable bonds is 2. The first-order valence-corrected chi connectivity index (χ1v) is 8.39. The molecule has 1 amide bonds. The molecule has 4 aromatic rings. The van der Waals surface area contributed by atoms with Crippen LogP contribution in [0.3, 0.4) is 0 Å². The van der Waals surface area contributed by atoms with E-state index in [1.165, 1.54) is 0 Å². The van der Waals surface area contributed by atoms with Crippen LogP contribution in [0.4, 0.5) is 0 Å². The lowest BCUT2D eigenvalue weighted by molar-refractivity contribution is 0.0727. The van der Waals surface area contributed by atoms with Crippen LogP contribution < -0.4 is 0 Å². The highest BCUT2D eigenvalue weighted by Crippen LogP contribution is 2.26. The number of fused-ring (bicyclic) bond motifs is 2. The minimum atomic E-state index is -0.0165. The van der Waals surface area contributed by atoms with Gasteiger partial charge in [0.15, 0.2) is 0 Å². The predicted molar refractivity (Wildman–Crippen MR) is 93.4 cm³/mol. The van der Waals surface area contributed by atoms with Gasteiger partial charge >= 0.3 is 0 Å². The standard InChI is InChI=1S/C19H15N5O2/c25-19(14-3-4-17-21-7-9-23(17)11-14)24-8-5-16-15(12-24)22-18(26-16)13-2-1-6-20-10-13/h1-4,6-7,9-11H,5,8,12H2. The summed E-state index contributed by atoms with van der Waals surface area (Å²) in [5, 5.41) is 0. The summed E-state index contributed by atoms with van der Waals surface area (Å²) in [7, 11) is 0. The molecule has 128 valence electrons. The smallest absolute Gasteiger partial charge is 0.255 e. The van der Waals surface area contributed by atoms with Gasteiger partial charge in [-0.15, -0.1) is 0 Å². The van der Waals surface area contributed by atoms with Crippen molar-refractivity contribution in [3.63, 3.8) is 0 Å². The number of aromatic nitrogens is 4. The zero-order valence-corrected chi connectivity index (χ0v) is 13.9. The molecule has 0 radical (unpaired) electrons. The predicted octanol–water partition coefficient (Wildman–Crippen LogP) is 2.58. The zero-order valence-electron chi connectivity index (χ0n) is 13.9. The van der Waals surface area contributed by atoms with E-state index >= 15 is 0 Å². The van der Waals surface area contributed by atoms with Crippen LogP contribution in [-0.4, -0.2) is 36.7 Å². The van der Waals surface area contributed by atoms with Crippen molar-refractivity contribution < 1.29 is 9.21 Å². The third kappa shape index (κ3) is 2.45. The second-order valence-electron chi connectivity index (χ2n) is 6.22. The molecular formula is C19H15N5O2. The second kappa shape index (κ2) is 5.80. The van der Waals surface area contributed by atoms with Gasteiger partial charge in [-0.05, 0) is 24.3 Å². The molecule has 26 heavy (non-hydrogen) atoms. The molecule has 1 aliphatic heterocycles. The lowest BCUT2D eigenvalue weighted by atomic mass is 10.1. The highest BCUT2D eigenvalue weighted by molar-refractivity contribution is 5.94. The van der Waals surface area contributed by atoms with Crippen molar-refractivity contribution in [3.05, 3.63) is 72.3 Å². The quantitative estimate of drug-likeness (QED) is 0.558. The van der Waals surface area contributed by atoms with Crippen LogP contribution in [0.15, 0.2) is 59.7 Å². The molecule has 0 N–H and O–H groups in total.